The van der Waals surface area contributed by atoms with E-state index in [4.69, 9.17) is 16.7 Å². The average molecular weight is 133 g/mol. The number of rotatable bonds is 1. The molecule has 0 saturated heterocycles. The molecule has 0 aromatic carbocycles. The van der Waals surface area contributed by atoms with Gasteiger partial charge in [0.1, 0.15) is 0 Å². The van der Waals surface area contributed by atoms with E-state index in [9.17, 15) is 4.39 Å². The van der Waals surface area contributed by atoms with E-state index in [0.29, 0.717) is 0 Å². The lowest BCUT2D eigenvalue weighted by Gasteiger charge is -2.00. The Kier molecular flexibility index (Phi) is 2.11. The van der Waals surface area contributed by atoms with Crippen LogP contribution in [0.4, 0.5) is 4.39 Å². The molecule has 6 heavy (non-hydrogen) atoms. The summed E-state index contributed by atoms with van der Waals surface area (Å²) in [5, 5.41) is 5.07. The Bertz CT molecular complexity index is 41.3. The van der Waals surface area contributed by atoms with Gasteiger partial charge in [0.15, 0.2) is 0 Å². The molecule has 1 atom stereocenters. The standard InChI is InChI=1S/C2H3Cl2FO/c3-1-2(4,5)6/h6H,1H2. The van der Waals surface area contributed by atoms with Crippen LogP contribution in [-0.4, -0.2) is 16.3 Å². The Labute approximate surface area is 44.7 Å². The lowest BCUT2D eigenvalue weighted by molar-refractivity contribution is 0.0174. The van der Waals surface area contributed by atoms with Crippen LogP contribution in [0.2, 0.25) is 0 Å². The van der Waals surface area contributed by atoms with Gasteiger partial charge in [0.2, 0.25) is 0 Å². The van der Waals surface area contributed by atoms with Gasteiger partial charge in [0.25, 0.3) is 5.31 Å². The van der Waals surface area contributed by atoms with Crippen molar-refractivity contribution in [1.29, 1.82) is 0 Å². The molecule has 1 nitrogen and oxygen atoms in total. The van der Waals surface area contributed by atoms with Crippen molar-refractivity contribution in [1.82, 2.24) is 0 Å². The van der Waals surface area contributed by atoms with Crippen LogP contribution in [0.15, 0.2) is 0 Å². The van der Waals surface area contributed by atoms with Crippen molar-refractivity contribution in [2.24, 2.45) is 0 Å². The highest BCUT2D eigenvalue weighted by atomic mass is 35.5. The normalized spacial score (nSPS) is 20.0. The third-order valence-electron chi connectivity index (χ3n) is 0.161. The first kappa shape index (κ1) is 6.47. The molecule has 0 amide bonds. The van der Waals surface area contributed by atoms with Crippen molar-refractivity contribution in [3.8, 4) is 0 Å². The summed E-state index contributed by atoms with van der Waals surface area (Å²) < 4.78 is 11.3. The second-order valence-corrected chi connectivity index (χ2v) is 1.65. The summed E-state index contributed by atoms with van der Waals surface area (Å²) in [7, 11) is 0. The summed E-state index contributed by atoms with van der Waals surface area (Å²) in [5.41, 5.74) is 0. The molecule has 0 aliphatic carbocycles. The van der Waals surface area contributed by atoms with Gasteiger partial charge in [-0.05, 0) is 0 Å². The SMILES string of the molecule is OC(F)(Cl)CCl. The third kappa shape index (κ3) is 4.47. The van der Waals surface area contributed by atoms with Gasteiger partial charge in [0.05, 0.1) is 5.88 Å². The van der Waals surface area contributed by atoms with E-state index in [2.05, 4.69) is 11.6 Å². The molecule has 38 valence electrons. The maximum absolute atomic E-state index is 11.3. The molecular formula is C2H3Cl2FO. The fraction of sp³-hybridized carbons (Fsp3) is 1.00. The smallest absolute Gasteiger partial charge is 0.297 e. The summed E-state index contributed by atoms with van der Waals surface area (Å²) in [5.74, 6) is -0.603. The van der Waals surface area contributed by atoms with Gasteiger partial charge >= 0.3 is 0 Å². The topological polar surface area (TPSA) is 20.2 Å². The number of alkyl halides is 3. The molecule has 0 aromatic heterocycles. The predicted octanol–water partition coefficient (Wildman–Crippen LogP) is 1.08. The first-order chi connectivity index (χ1) is 2.56. The van der Waals surface area contributed by atoms with Crippen LogP contribution in [0.5, 0.6) is 0 Å². The molecule has 0 saturated carbocycles. The van der Waals surface area contributed by atoms with Crippen LogP contribution in [0.1, 0.15) is 0 Å². The van der Waals surface area contributed by atoms with Gasteiger partial charge in [-0.15, -0.1) is 11.6 Å². The van der Waals surface area contributed by atoms with Crippen LogP contribution < -0.4 is 0 Å². The van der Waals surface area contributed by atoms with Gasteiger partial charge in [-0.2, -0.15) is 4.39 Å². The minimum atomic E-state index is -2.72. The molecule has 1 unspecified atom stereocenters. The summed E-state index contributed by atoms with van der Waals surface area (Å²) in [4.78, 5) is 0. The summed E-state index contributed by atoms with van der Waals surface area (Å²) >= 11 is 9.20. The maximum Gasteiger partial charge on any atom is 0.297 e. The van der Waals surface area contributed by atoms with Crippen molar-refractivity contribution in [2.75, 3.05) is 5.88 Å². The second-order valence-electron chi connectivity index (χ2n) is 0.799. The van der Waals surface area contributed by atoms with Crippen molar-refractivity contribution < 1.29 is 9.50 Å². The molecule has 1 N–H and O–H groups in total. The molecular weight excluding hydrogens is 130 g/mol. The van der Waals surface area contributed by atoms with E-state index in [1.165, 1.54) is 0 Å². The van der Waals surface area contributed by atoms with E-state index in [1.807, 2.05) is 0 Å². The summed E-state index contributed by atoms with van der Waals surface area (Å²) in [6, 6.07) is 0. The fourth-order valence-electron chi connectivity index (χ4n) is 0. The number of aliphatic hydroxyl groups is 1. The molecule has 0 aromatic rings. The van der Waals surface area contributed by atoms with Gasteiger partial charge < -0.3 is 5.11 Å². The van der Waals surface area contributed by atoms with Crippen molar-refractivity contribution in [3.05, 3.63) is 0 Å². The van der Waals surface area contributed by atoms with Crippen LogP contribution in [0.25, 0.3) is 0 Å². The Morgan fingerprint density at radius 1 is 1.83 bits per heavy atom. The monoisotopic (exact) mass is 132 g/mol. The molecule has 0 radical (unpaired) electrons. The highest BCUT2D eigenvalue weighted by Gasteiger charge is 2.18. The van der Waals surface area contributed by atoms with Gasteiger partial charge in [-0.3, -0.25) is 0 Å². The van der Waals surface area contributed by atoms with Crippen molar-refractivity contribution >= 4 is 23.2 Å². The Morgan fingerprint density at radius 2 is 2.00 bits per heavy atom. The minimum Gasteiger partial charge on any atom is -0.349 e. The largest absolute Gasteiger partial charge is 0.349 e. The third-order valence-corrected chi connectivity index (χ3v) is 0.785. The van der Waals surface area contributed by atoms with Crippen LogP contribution in [0.3, 0.4) is 0 Å². The Balaban J connectivity index is 3.17. The minimum absolute atomic E-state index is 0.603. The van der Waals surface area contributed by atoms with Gasteiger partial charge in [0, 0.05) is 0 Å². The highest BCUT2D eigenvalue weighted by Crippen LogP contribution is 2.12. The van der Waals surface area contributed by atoms with Crippen molar-refractivity contribution in [3.63, 3.8) is 0 Å². The highest BCUT2D eigenvalue weighted by molar-refractivity contribution is 6.28. The van der Waals surface area contributed by atoms with Gasteiger partial charge in [-0.25, -0.2) is 0 Å². The van der Waals surface area contributed by atoms with E-state index in [1.54, 1.807) is 0 Å². The van der Waals surface area contributed by atoms with Gasteiger partial charge in [-0.1, -0.05) is 11.6 Å². The van der Waals surface area contributed by atoms with Crippen LogP contribution in [-0.2, 0) is 0 Å². The zero-order chi connectivity index (χ0) is 5.21. The molecule has 0 aliphatic rings. The van der Waals surface area contributed by atoms with E-state index >= 15 is 0 Å². The molecule has 0 bridgehead atoms. The van der Waals surface area contributed by atoms with Crippen LogP contribution in [0, 0.1) is 0 Å². The Hall–Kier alpha value is 0.470. The average Bonchev–Trinajstić information content (AvgIpc) is 1.35. The fourth-order valence-corrected chi connectivity index (χ4v) is 0. The van der Waals surface area contributed by atoms with E-state index in [-0.39, 0.29) is 0 Å². The number of hydrogen-bond acceptors (Lipinski definition) is 1. The molecule has 0 heterocycles. The summed E-state index contributed by atoms with van der Waals surface area (Å²) in [6.45, 7) is 0. The number of hydrogen-bond donors (Lipinski definition) is 1. The maximum atomic E-state index is 11.3. The predicted molar refractivity (Wildman–Crippen MR) is 22.6 cm³/mol. The van der Waals surface area contributed by atoms with Crippen molar-refractivity contribution in [2.45, 2.75) is 5.31 Å². The molecule has 0 rings (SSSR count). The zero-order valence-corrected chi connectivity index (χ0v) is 4.30. The second kappa shape index (κ2) is 1.96. The first-order valence-corrected chi connectivity index (χ1v) is 2.13. The molecule has 0 aliphatic heterocycles. The van der Waals surface area contributed by atoms with Crippen LogP contribution >= 0.6 is 23.2 Å². The van der Waals surface area contributed by atoms with E-state index < -0.39 is 11.2 Å². The van der Waals surface area contributed by atoms with E-state index in [0.717, 1.165) is 0 Å². The lowest BCUT2D eigenvalue weighted by atomic mass is 10.8. The first-order valence-electron chi connectivity index (χ1n) is 1.22. The molecule has 0 spiro atoms. The quantitative estimate of drug-likeness (QED) is 0.530. The summed E-state index contributed by atoms with van der Waals surface area (Å²) in [6.07, 6.45) is 0. The molecule has 4 heteroatoms. The zero-order valence-electron chi connectivity index (χ0n) is 2.79. The molecule has 0 fully saturated rings. The lowest BCUT2D eigenvalue weighted by Crippen LogP contribution is -2.13. The number of halogens is 3. The Morgan fingerprint density at radius 3 is 2.00 bits per heavy atom.